The average Bonchev–Trinajstić information content (AvgIpc) is 2.82. The van der Waals surface area contributed by atoms with Crippen molar-refractivity contribution in [2.45, 2.75) is 11.4 Å². The van der Waals surface area contributed by atoms with Gasteiger partial charge in [-0.25, -0.2) is 8.42 Å². The van der Waals surface area contributed by atoms with E-state index in [0.717, 1.165) is 11.1 Å². The van der Waals surface area contributed by atoms with Gasteiger partial charge in [-0.05, 0) is 24.3 Å². The normalized spacial score (nSPS) is 11.4. The van der Waals surface area contributed by atoms with E-state index in [4.69, 9.17) is 11.6 Å². The minimum absolute atomic E-state index is 0.248. The second-order valence-corrected chi connectivity index (χ2v) is 8.50. The summed E-state index contributed by atoms with van der Waals surface area (Å²) >= 11 is 7.24. The van der Waals surface area contributed by atoms with Crippen LogP contribution in [0.5, 0.6) is 0 Å². The van der Waals surface area contributed by atoms with Crippen molar-refractivity contribution in [3.05, 3.63) is 49.7 Å². The zero-order chi connectivity index (χ0) is 16.5. The van der Waals surface area contributed by atoms with Crippen molar-refractivity contribution in [3.8, 4) is 0 Å². The highest BCUT2D eigenvalue weighted by atomic mass is 35.5. The third kappa shape index (κ3) is 3.57. The average molecular weight is 361 g/mol. The van der Waals surface area contributed by atoms with Gasteiger partial charge in [0.1, 0.15) is 10.6 Å². The SMILES string of the molecule is CN(Cc1ccc(Cl)s1)c1cccc(S(C)(=O)=O)c1[N+](=O)[O-]. The van der Waals surface area contributed by atoms with E-state index in [2.05, 4.69) is 0 Å². The number of hydrogen-bond donors (Lipinski definition) is 0. The number of thiophene rings is 1. The van der Waals surface area contributed by atoms with Crippen LogP contribution in [-0.4, -0.2) is 26.6 Å². The van der Waals surface area contributed by atoms with Gasteiger partial charge < -0.3 is 4.90 Å². The summed E-state index contributed by atoms with van der Waals surface area (Å²) in [5.74, 6) is 0. The van der Waals surface area contributed by atoms with E-state index in [1.165, 1.54) is 29.5 Å². The topological polar surface area (TPSA) is 80.5 Å². The lowest BCUT2D eigenvalue weighted by Crippen LogP contribution is -2.18. The first-order valence-electron chi connectivity index (χ1n) is 6.13. The Hall–Kier alpha value is -1.64. The number of nitro benzene ring substituents is 1. The number of benzene rings is 1. The van der Waals surface area contributed by atoms with Gasteiger partial charge in [-0.15, -0.1) is 11.3 Å². The molecule has 0 amide bonds. The molecule has 9 heteroatoms. The molecule has 1 heterocycles. The van der Waals surface area contributed by atoms with Crippen molar-refractivity contribution in [1.29, 1.82) is 0 Å². The number of halogens is 1. The monoisotopic (exact) mass is 360 g/mol. The fraction of sp³-hybridized carbons (Fsp3) is 0.231. The Labute approximate surface area is 137 Å². The van der Waals surface area contributed by atoms with E-state index in [0.29, 0.717) is 10.9 Å². The second-order valence-electron chi connectivity index (χ2n) is 4.72. The summed E-state index contributed by atoms with van der Waals surface area (Å²) in [5.41, 5.74) is -0.160. The van der Waals surface area contributed by atoms with Gasteiger partial charge in [-0.3, -0.25) is 10.1 Å². The molecule has 118 valence electrons. The van der Waals surface area contributed by atoms with Gasteiger partial charge >= 0.3 is 5.69 Å². The summed E-state index contributed by atoms with van der Waals surface area (Å²) in [4.78, 5) is 13.0. The number of hydrogen-bond acceptors (Lipinski definition) is 6. The largest absolute Gasteiger partial charge is 0.364 e. The molecule has 0 spiro atoms. The Morgan fingerprint density at radius 1 is 1.32 bits per heavy atom. The van der Waals surface area contributed by atoms with Crippen LogP contribution in [0.25, 0.3) is 0 Å². The molecule has 0 aliphatic rings. The van der Waals surface area contributed by atoms with Crippen LogP contribution >= 0.6 is 22.9 Å². The molecule has 0 saturated heterocycles. The highest BCUT2D eigenvalue weighted by molar-refractivity contribution is 7.90. The minimum Gasteiger partial charge on any atom is -0.364 e. The van der Waals surface area contributed by atoms with E-state index in [9.17, 15) is 18.5 Å². The zero-order valence-electron chi connectivity index (χ0n) is 11.8. The van der Waals surface area contributed by atoms with Crippen molar-refractivity contribution >= 4 is 44.1 Å². The first kappa shape index (κ1) is 16.7. The molecule has 1 aromatic heterocycles. The zero-order valence-corrected chi connectivity index (χ0v) is 14.2. The quantitative estimate of drug-likeness (QED) is 0.603. The summed E-state index contributed by atoms with van der Waals surface area (Å²) in [6, 6.07) is 7.85. The van der Waals surface area contributed by atoms with Gasteiger partial charge in [-0.2, -0.15) is 0 Å². The van der Waals surface area contributed by atoms with Gasteiger partial charge in [0.25, 0.3) is 0 Å². The van der Waals surface area contributed by atoms with Crippen molar-refractivity contribution < 1.29 is 13.3 Å². The van der Waals surface area contributed by atoms with Gasteiger partial charge in [0, 0.05) is 18.2 Å². The molecule has 22 heavy (non-hydrogen) atoms. The van der Waals surface area contributed by atoms with Crippen molar-refractivity contribution in [1.82, 2.24) is 0 Å². The molecule has 0 bridgehead atoms. The van der Waals surface area contributed by atoms with Crippen LogP contribution in [0.3, 0.4) is 0 Å². The number of sulfone groups is 1. The van der Waals surface area contributed by atoms with Gasteiger partial charge in [-0.1, -0.05) is 17.7 Å². The summed E-state index contributed by atoms with van der Waals surface area (Å²) in [7, 11) is -2.02. The molecule has 0 atom stereocenters. The Morgan fingerprint density at radius 3 is 2.50 bits per heavy atom. The van der Waals surface area contributed by atoms with Crippen molar-refractivity contribution in [2.24, 2.45) is 0 Å². The summed E-state index contributed by atoms with van der Waals surface area (Å²) in [6.45, 7) is 0.394. The predicted octanol–water partition coefficient (Wildman–Crippen LogP) is 3.35. The smallest absolute Gasteiger partial charge is 0.311 e. The van der Waals surface area contributed by atoms with E-state index in [1.54, 1.807) is 18.0 Å². The standard InChI is InChI=1S/C13H13ClN2O4S2/c1-15(8-9-6-7-12(14)21-9)10-4-3-5-11(22(2,19)20)13(10)16(17)18/h3-7H,8H2,1-2H3. The van der Waals surface area contributed by atoms with Crippen LogP contribution in [0, 0.1) is 10.1 Å². The van der Waals surface area contributed by atoms with E-state index in [-0.39, 0.29) is 10.6 Å². The molecule has 0 unspecified atom stereocenters. The molecule has 1 aromatic carbocycles. The number of nitro groups is 1. The van der Waals surface area contributed by atoms with E-state index < -0.39 is 20.4 Å². The Bertz CT molecular complexity index is 817. The highest BCUT2D eigenvalue weighted by Gasteiger charge is 2.27. The molecule has 0 fully saturated rings. The summed E-state index contributed by atoms with van der Waals surface area (Å²) < 4.78 is 24.1. The molecule has 0 aliphatic carbocycles. The molecule has 2 rings (SSSR count). The van der Waals surface area contributed by atoms with Gasteiger partial charge in [0.15, 0.2) is 9.84 Å². The summed E-state index contributed by atoms with van der Waals surface area (Å²) in [5, 5.41) is 11.3. The van der Waals surface area contributed by atoms with Crippen LogP contribution in [0.15, 0.2) is 35.2 Å². The van der Waals surface area contributed by atoms with Crippen LogP contribution < -0.4 is 4.90 Å². The lowest BCUT2D eigenvalue weighted by atomic mass is 10.2. The third-order valence-corrected chi connectivity index (χ3v) is 5.34. The van der Waals surface area contributed by atoms with Crippen LogP contribution in [0.2, 0.25) is 4.34 Å². The third-order valence-electron chi connectivity index (χ3n) is 2.99. The molecule has 0 N–H and O–H groups in total. The first-order valence-corrected chi connectivity index (χ1v) is 9.21. The number of para-hydroxylation sites is 1. The minimum atomic E-state index is -3.69. The maximum atomic E-state index is 11.8. The van der Waals surface area contributed by atoms with E-state index in [1.807, 2.05) is 6.07 Å². The van der Waals surface area contributed by atoms with Crippen molar-refractivity contribution in [3.63, 3.8) is 0 Å². The van der Waals surface area contributed by atoms with E-state index >= 15 is 0 Å². The lowest BCUT2D eigenvalue weighted by Gasteiger charge is -2.19. The van der Waals surface area contributed by atoms with Crippen molar-refractivity contribution in [2.75, 3.05) is 18.2 Å². The Morgan fingerprint density at radius 2 is 2.00 bits per heavy atom. The van der Waals surface area contributed by atoms with Crippen LogP contribution in [0.4, 0.5) is 11.4 Å². The molecule has 0 saturated carbocycles. The number of nitrogens with zero attached hydrogens (tertiary/aromatic N) is 2. The second kappa shape index (κ2) is 6.23. The van der Waals surface area contributed by atoms with Crippen LogP contribution in [0.1, 0.15) is 4.88 Å². The fourth-order valence-corrected chi connectivity index (χ4v) is 4.05. The molecule has 0 radical (unpaired) electrons. The number of anilines is 1. The molecular formula is C13H13ClN2O4S2. The predicted molar refractivity (Wildman–Crippen MR) is 87.6 cm³/mol. The maximum Gasteiger partial charge on any atom is 0.311 e. The molecule has 2 aromatic rings. The maximum absolute atomic E-state index is 11.8. The Kier molecular flexibility index (Phi) is 4.74. The first-order chi connectivity index (χ1) is 10.2. The molecule has 6 nitrogen and oxygen atoms in total. The molecular weight excluding hydrogens is 348 g/mol. The number of rotatable bonds is 5. The highest BCUT2D eigenvalue weighted by Crippen LogP contribution is 2.35. The molecule has 0 aliphatic heterocycles. The Balaban J connectivity index is 2.48. The fourth-order valence-electron chi connectivity index (χ4n) is 2.06. The lowest BCUT2D eigenvalue weighted by molar-refractivity contribution is -0.387. The summed E-state index contributed by atoms with van der Waals surface area (Å²) in [6.07, 6.45) is 0.957. The van der Waals surface area contributed by atoms with Gasteiger partial charge in [0.05, 0.1) is 15.8 Å². The van der Waals surface area contributed by atoms with Crippen LogP contribution in [-0.2, 0) is 16.4 Å². The van der Waals surface area contributed by atoms with Gasteiger partial charge in [0.2, 0.25) is 0 Å².